The van der Waals surface area contributed by atoms with Crippen LogP contribution in [-0.2, 0) is 14.8 Å². The molecule has 158 valence electrons. The van der Waals surface area contributed by atoms with E-state index in [0.717, 1.165) is 16.1 Å². The number of carbonyl (C=O) groups is 1. The Morgan fingerprint density at radius 1 is 1.14 bits per heavy atom. The number of amides is 1. The Bertz CT molecular complexity index is 992. The number of rotatable bonds is 8. The van der Waals surface area contributed by atoms with Gasteiger partial charge in [0.25, 0.3) is 0 Å². The van der Waals surface area contributed by atoms with Crippen LogP contribution in [0.25, 0.3) is 0 Å². The molecule has 0 saturated carbocycles. The normalized spacial score (nSPS) is 11.3. The minimum absolute atomic E-state index is 0.0825. The Labute approximate surface area is 176 Å². The van der Waals surface area contributed by atoms with E-state index in [1.54, 1.807) is 12.1 Å². The number of nitrogens with one attached hydrogen (secondary N) is 1. The summed E-state index contributed by atoms with van der Waals surface area (Å²) < 4.78 is 36.4. The van der Waals surface area contributed by atoms with Gasteiger partial charge >= 0.3 is 0 Å². The van der Waals surface area contributed by atoms with Crippen LogP contribution in [0, 0.1) is 0 Å². The molecule has 7 nitrogen and oxygen atoms in total. The third-order valence-corrected chi connectivity index (χ3v) is 5.68. The van der Waals surface area contributed by atoms with Crippen molar-refractivity contribution in [2.24, 2.45) is 0 Å². The first-order chi connectivity index (χ1) is 13.6. The molecule has 29 heavy (non-hydrogen) atoms. The average molecular weight is 441 g/mol. The summed E-state index contributed by atoms with van der Waals surface area (Å²) in [6.07, 6.45) is 1.07. The predicted octanol–water partition coefficient (Wildman–Crippen LogP) is 3.89. The molecular formula is C20H25ClN2O5S. The highest BCUT2D eigenvalue weighted by Gasteiger charge is 2.24. The van der Waals surface area contributed by atoms with Crippen molar-refractivity contribution >= 4 is 38.9 Å². The monoisotopic (exact) mass is 440 g/mol. The molecule has 2 rings (SSSR count). The van der Waals surface area contributed by atoms with Crippen molar-refractivity contribution in [3.8, 4) is 11.5 Å². The summed E-state index contributed by atoms with van der Waals surface area (Å²) in [5.41, 5.74) is 1.63. The van der Waals surface area contributed by atoms with Gasteiger partial charge in [0.15, 0.2) is 0 Å². The number of hydrogen-bond acceptors (Lipinski definition) is 5. The van der Waals surface area contributed by atoms with Crippen LogP contribution in [0.3, 0.4) is 0 Å². The third kappa shape index (κ3) is 5.55. The lowest BCUT2D eigenvalue weighted by molar-refractivity contribution is -0.114. The summed E-state index contributed by atoms with van der Waals surface area (Å²) in [6, 6.07) is 10.2. The van der Waals surface area contributed by atoms with Crippen molar-refractivity contribution < 1.29 is 22.7 Å². The van der Waals surface area contributed by atoms with Crippen LogP contribution < -0.4 is 19.1 Å². The number of halogens is 1. The van der Waals surface area contributed by atoms with Crippen molar-refractivity contribution in [2.45, 2.75) is 19.8 Å². The Morgan fingerprint density at radius 3 is 2.31 bits per heavy atom. The Hall–Kier alpha value is -2.45. The van der Waals surface area contributed by atoms with E-state index < -0.39 is 22.5 Å². The number of anilines is 2. The first-order valence-electron chi connectivity index (χ1n) is 8.86. The number of hydrogen-bond donors (Lipinski definition) is 1. The van der Waals surface area contributed by atoms with Gasteiger partial charge in [0, 0.05) is 12.1 Å². The summed E-state index contributed by atoms with van der Waals surface area (Å²) in [5.74, 6) is 0.237. The lowest BCUT2D eigenvalue weighted by Gasteiger charge is -2.26. The van der Waals surface area contributed by atoms with Gasteiger partial charge in [-0.25, -0.2) is 8.42 Å². The molecule has 0 atom stereocenters. The molecule has 0 radical (unpaired) electrons. The third-order valence-electron chi connectivity index (χ3n) is 4.26. The fourth-order valence-electron chi connectivity index (χ4n) is 2.86. The van der Waals surface area contributed by atoms with Crippen molar-refractivity contribution in [1.29, 1.82) is 0 Å². The number of nitrogens with zero attached hydrogens (tertiary/aromatic N) is 1. The van der Waals surface area contributed by atoms with E-state index in [1.165, 1.54) is 26.4 Å². The molecule has 0 spiro atoms. The molecule has 0 aliphatic rings. The van der Waals surface area contributed by atoms with E-state index >= 15 is 0 Å². The predicted molar refractivity (Wildman–Crippen MR) is 116 cm³/mol. The van der Waals surface area contributed by atoms with Crippen LogP contribution in [0.2, 0.25) is 5.02 Å². The van der Waals surface area contributed by atoms with Crippen LogP contribution >= 0.6 is 11.6 Å². The zero-order valence-electron chi connectivity index (χ0n) is 17.0. The van der Waals surface area contributed by atoms with E-state index in [4.69, 9.17) is 21.1 Å². The summed E-state index contributed by atoms with van der Waals surface area (Å²) in [4.78, 5) is 12.7. The summed E-state index contributed by atoms with van der Waals surface area (Å²) in [5, 5.41) is 3.00. The molecule has 0 aromatic heterocycles. The molecule has 0 saturated heterocycles. The van der Waals surface area contributed by atoms with E-state index in [1.807, 2.05) is 26.0 Å². The number of sulfonamides is 1. The number of benzene rings is 2. The second kappa shape index (κ2) is 9.37. The maximum absolute atomic E-state index is 12.7. The fraction of sp³-hybridized carbons (Fsp3) is 0.350. The van der Waals surface area contributed by atoms with Crippen molar-refractivity contribution in [3.05, 3.63) is 47.0 Å². The zero-order valence-corrected chi connectivity index (χ0v) is 18.6. The topological polar surface area (TPSA) is 84.9 Å². The van der Waals surface area contributed by atoms with Gasteiger partial charge in [-0.3, -0.25) is 9.10 Å². The van der Waals surface area contributed by atoms with Crippen LogP contribution in [0.1, 0.15) is 25.3 Å². The van der Waals surface area contributed by atoms with Gasteiger partial charge in [0.2, 0.25) is 15.9 Å². The van der Waals surface area contributed by atoms with Crippen molar-refractivity contribution in [1.82, 2.24) is 0 Å². The largest absolute Gasteiger partial charge is 0.495 e. The van der Waals surface area contributed by atoms with Gasteiger partial charge in [0.1, 0.15) is 18.0 Å². The average Bonchev–Trinajstić information content (AvgIpc) is 2.66. The molecule has 0 heterocycles. The van der Waals surface area contributed by atoms with Gasteiger partial charge in [-0.05, 0) is 17.5 Å². The molecule has 0 aliphatic carbocycles. The van der Waals surface area contributed by atoms with Crippen molar-refractivity contribution in [2.75, 3.05) is 36.6 Å². The van der Waals surface area contributed by atoms with Gasteiger partial charge in [-0.1, -0.05) is 43.6 Å². The Morgan fingerprint density at radius 2 is 1.76 bits per heavy atom. The van der Waals surface area contributed by atoms with E-state index in [9.17, 15) is 13.2 Å². The van der Waals surface area contributed by atoms with Crippen LogP contribution in [0.4, 0.5) is 11.4 Å². The molecule has 0 bridgehead atoms. The number of methoxy groups -OCH3 is 2. The smallest absolute Gasteiger partial charge is 0.245 e. The van der Waals surface area contributed by atoms with Gasteiger partial charge in [0.05, 0.1) is 36.9 Å². The molecule has 1 N–H and O–H groups in total. The van der Waals surface area contributed by atoms with E-state index in [2.05, 4.69) is 5.32 Å². The highest BCUT2D eigenvalue weighted by Crippen LogP contribution is 2.36. The minimum atomic E-state index is -3.70. The summed E-state index contributed by atoms with van der Waals surface area (Å²) in [6.45, 7) is 3.53. The molecule has 2 aromatic rings. The SMILES string of the molecule is COc1cc(NC(=O)CN(c2ccccc2C(C)C)S(C)(=O)=O)c(OC)cc1Cl. The number of para-hydroxylation sites is 1. The van der Waals surface area contributed by atoms with Gasteiger partial charge < -0.3 is 14.8 Å². The molecule has 9 heteroatoms. The lowest BCUT2D eigenvalue weighted by atomic mass is 10.0. The molecule has 0 fully saturated rings. The number of carbonyl (C=O) groups excluding carboxylic acids is 1. The Balaban J connectivity index is 2.36. The van der Waals surface area contributed by atoms with Crippen LogP contribution in [-0.4, -0.2) is 41.3 Å². The standard InChI is InChI=1S/C20H25ClN2O5S/c1-13(2)14-8-6-7-9-17(14)23(29(5,25)26)12-20(24)22-16-11-18(27-3)15(21)10-19(16)28-4/h6-11,13H,12H2,1-5H3,(H,22,24). The second-order valence-electron chi connectivity index (χ2n) is 6.72. The molecular weight excluding hydrogens is 416 g/mol. The lowest BCUT2D eigenvalue weighted by Crippen LogP contribution is -2.38. The molecule has 2 aromatic carbocycles. The highest BCUT2D eigenvalue weighted by atomic mass is 35.5. The number of ether oxygens (including phenoxy) is 2. The van der Waals surface area contributed by atoms with Gasteiger partial charge in [-0.2, -0.15) is 0 Å². The van der Waals surface area contributed by atoms with Crippen LogP contribution in [0.5, 0.6) is 11.5 Å². The minimum Gasteiger partial charge on any atom is -0.495 e. The quantitative estimate of drug-likeness (QED) is 0.673. The Kier molecular flexibility index (Phi) is 7.37. The maximum Gasteiger partial charge on any atom is 0.245 e. The van der Waals surface area contributed by atoms with Gasteiger partial charge in [-0.15, -0.1) is 0 Å². The fourth-order valence-corrected chi connectivity index (χ4v) is 3.97. The highest BCUT2D eigenvalue weighted by molar-refractivity contribution is 7.92. The van der Waals surface area contributed by atoms with E-state index in [-0.39, 0.29) is 5.92 Å². The van der Waals surface area contributed by atoms with Crippen LogP contribution in [0.15, 0.2) is 36.4 Å². The molecule has 0 aliphatic heterocycles. The first-order valence-corrected chi connectivity index (χ1v) is 11.1. The molecule has 0 unspecified atom stereocenters. The molecule has 1 amide bonds. The van der Waals surface area contributed by atoms with E-state index in [0.29, 0.717) is 27.9 Å². The second-order valence-corrected chi connectivity index (χ2v) is 9.03. The maximum atomic E-state index is 12.7. The zero-order chi connectivity index (χ0) is 21.8. The summed E-state index contributed by atoms with van der Waals surface area (Å²) >= 11 is 6.08. The van der Waals surface area contributed by atoms with Crippen molar-refractivity contribution in [3.63, 3.8) is 0 Å². The first kappa shape index (κ1) is 22.8. The summed E-state index contributed by atoms with van der Waals surface area (Å²) in [7, 11) is -0.809.